The summed E-state index contributed by atoms with van der Waals surface area (Å²) >= 11 is 1.43. The summed E-state index contributed by atoms with van der Waals surface area (Å²) in [5.41, 5.74) is 0. The zero-order chi connectivity index (χ0) is 30.0. The zero-order valence-corrected chi connectivity index (χ0v) is 28.5. The van der Waals surface area contributed by atoms with Crippen molar-refractivity contribution in [1.82, 2.24) is 0 Å². The second-order valence-corrected chi connectivity index (χ2v) is 15.4. The average Bonchev–Trinajstić information content (AvgIpc) is 2.86. The molecule has 0 heterocycles. The fourth-order valence-electron chi connectivity index (χ4n) is 5.03. The molecule has 0 spiro atoms. The standard InChI is InChI=1S/C26H53.C4H6O7S.Na/c1-4-7-10-13-15-18-21-24-26(23-20-17-12-9-6-3)25-22-19-16-14-11-8-5-2;5-3(6)1-2(4(7)8)12(9,10)11;/h4-25H2,1-3H3;2H,1H2,(H,5,6)(H,7,8)(H,9,10,11);. The molecule has 228 valence electrons. The number of rotatable bonds is 26. The number of unbranched alkanes of at least 4 members (excludes halogenated alkanes) is 16. The normalized spacial score (nSPS) is 12.6. The fourth-order valence-corrected chi connectivity index (χ4v) is 6.70. The van der Waals surface area contributed by atoms with Crippen molar-refractivity contribution < 1.29 is 32.8 Å². The first-order valence-corrected chi connectivity index (χ1v) is 18.3. The van der Waals surface area contributed by atoms with Gasteiger partial charge >= 0.3 is 205 Å². The van der Waals surface area contributed by atoms with Crippen LogP contribution >= 0.6 is 0 Å². The smallest absolute Gasteiger partial charge is 0.325 e. The van der Waals surface area contributed by atoms with Gasteiger partial charge in [0.2, 0.25) is 0 Å². The minimum absolute atomic E-state index is 0.777. The summed E-state index contributed by atoms with van der Waals surface area (Å²) in [4.78, 5) is 20.0. The third kappa shape index (κ3) is 27.8. The Hall–Kier alpha value is -0.150. The van der Waals surface area contributed by atoms with Gasteiger partial charge in [0.15, 0.2) is 5.25 Å². The monoisotopic (exact) mass is 586 g/mol. The topological polar surface area (TPSA) is 129 Å². The molecule has 0 bridgehead atoms. The minimum atomic E-state index is -4.84. The molecule has 39 heavy (non-hydrogen) atoms. The van der Waals surface area contributed by atoms with Crippen molar-refractivity contribution in [3.63, 3.8) is 0 Å². The maximum Gasteiger partial charge on any atom is 0.325 e. The van der Waals surface area contributed by atoms with E-state index in [9.17, 15) is 18.0 Å². The molecule has 0 aliphatic rings. The Balaban J connectivity index is 0. The Morgan fingerprint density at radius 3 is 1.10 bits per heavy atom. The summed E-state index contributed by atoms with van der Waals surface area (Å²) in [6.45, 7) is 6.97. The van der Waals surface area contributed by atoms with Crippen LogP contribution in [0.3, 0.4) is 0 Å². The first-order chi connectivity index (χ1) is 18.4. The van der Waals surface area contributed by atoms with Crippen LogP contribution in [-0.2, 0) is 19.7 Å². The van der Waals surface area contributed by atoms with Gasteiger partial charge < -0.3 is 10.2 Å². The predicted octanol–water partition coefficient (Wildman–Crippen LogP) is 8.76. The third-order valence-electron chi connectivity index (χ3n) is 7.65. The van der Waals surface area contributed by atoms with Crippen molar-refractivity contribution in [2.45, 2.75) is 176 Å². The molecular weight excluding hydrogens is 527 g/mol. The van der Waals surface area contributed by atoms with Gasteiger partial charge in [-0.2, -0.15) is 8.42 Å². The molecule has 0 fully saturated rings. The van der Waals surface area contributed by atoms with E-state index >= 15 is 0 Å². The van der Waals surface area contributed by atoms with Gasteiger partial charge in [0, 0.05) is 0 Å². The number of carboxylic acid groups (broad SMARTS) is 2. The molecule has 0 saturated heterocycles. The maximum absolute atomic E-state index is 10.2. The maximum atomic E-state index is 10.2. The fraction of sp³-hybridized carbons (Fsp3) is 0.933. The van der Waals surface area contributed by atoms with Crippen molar-refractivity contribution in [3.05, 3.63) is 0 Å². The summed E-state index contributed by atoms with van der Waals surface area (Å²) in [7, 11) is -4.84. The van der Waals surface area contributed by atoms with E-state index in [2.05, 4.69) is 20.8 Å². The summed E-state index contributed by atoms with van der Waals surface area (Å²) in [5, 5.41) is 13.9. The van der Waals surface area contributed by atoms with Crippen LogP contribution < -0.4 is 0 Å². The number of hydrogen-bond donors (Lipinski definition) is 3. The van der Waals surface area contributed by atoms with Crippen LogP contribution in [0, 0.1) is 0 Å². The van der Waals surface area contributed by atoms with Crippen LogP contribution in [0.5, 0.6) is 0 Å². The van der Waals surface area contributed by atoms with Gasteiger partial charge in [-0.25, -0.2) is 0 Å². The van der Waals surface area contributed by atoms with Gasteiger partial charge in [0.05, 0.1) is 6.42 Å². The van der Waals surface area contributed by atoms with Crippen LogP contribution in [0.15, 0.2) is 0 Å². The van der Waals surface area contributed by atoms with E-state index in [1.165, 1.54) is 150 Å². The van der Waals surface area contributed by atoms with Crippen molar-refractivity contribution in [2.24, 2.45) is 0 Å². The number of carboxylic acids is 2. The summed E-state index contributed by atoms with van der Waals surface area (Å²) < 4.78 is 29.4. The van der Waals surface area contributed by atoms with E-state index < -0.39 is 33.7 Å². The van der Waals surface area contributed by atoms with Crippen LogP contribution in [0.1, 0.15) is 168 Å². The summed E-state index contributed by atoms with van der Waals surface area (Å²) in [6, 6.07) is 0. The van der Waals surface area contributed by atoms with Crippen molar-refractivity contribution in [1.29, 1.82) is 0 Å². The second kappa shape index (κ2) is 26.7. The molecule has 0 amide bonds. The van der Waals surface area contributed by atoms with Gasteiger partial charge in [0.25, 0.3) is 10.1 Å². The molecule has 1 atom stereocenters. The molecule has 0 saturated carbocycles. The van der Waals surface area contributed by atoms with Crippen LogP contribution in [0.25, 0.3) is 0 Å². The molecular formula is C30H59NaO7S. The van der Waals surface area contributed by atoms with E-state index in [1.807, 2.05) is 0 Å². The first-order valence-electron chi connectivity index (χ1n) is 15.8. The van der Waals surface area contributed by atoms with Crippen molar-refractivity contribution in [2.75, 3.05) is 0 Å². The number of hydrogen-bond acceptors (Lipinski definition) is 4. The van der Waals surface area contributed by atoms with Crippen LogP contribution in [-0.4, -0.2) is 68.3 Å². The molecule has 0 aromatic rings. The van der Waals surface area contributed by atoms with Gasteiger partial charge in [-0.05, 0) is 0 Å². The van der Waals surface area contributed by atoms with Gasteiger partial charge in [-0.3, -0.25) is 14.1 Å². The SMILES string of the molecule is CCCCCCCCC[C]([Na])(CCCCCCC)CCCCCCCCC.O=C(O)CC(C(=O)O)S(=O)(=O)O. The van der Waals surface area contributed by atoms with Gasteiger partial charge in [-0.1, -0.05) is 0 Å². The van der Waals surface area contributed by atoms with E-state index in [4.69, 9.17) is 14.8 Å². The van der Waals surface area contributed by atoms with E-state index in [0.717, 1.165) is 2.66 Å². The molecule has 7 nitrogen and oxygen atoms in total. The molecule has 3 N–H and O–H groups in total. The van der Waals surface area contributed by atoms with E-state index in [-0.39, 0.29) is 0 Å². The summed E-state index contributed by atoms with van der Waals surface area (Å²) in [5.74, 6) is -3.50. The first kappa shape index (κ1) is 41.0. The predicted molar refractivity (Wildman–Crippen MR) is 162 cm³/mol. The summed E-state index contributed by atoms with van der Waals surface area (Å²) in [6.07, 6.45) is 31.4. The molecule has 0 aromatic carbocycles. The largest absolute Gasteiger partial charge is 0.481 e. The second-order valence-electron chi connectivity index (χ2n) is 11.7. The molecule has 0 radical (unpaired) electrons. The van der Waals surface area contributed by atoms with Crippen LogP contribution in [0.2, 0.25) is 2.66 Å². The Kier molecular flexibility index (Phi) is 28.1. The molecule has 0 aliphatic heterocycles. The average molecular weight is 587 g/mol. The van der Waals surface area contributed by atoms with Crippen molar-refractivity contribution in [3.8, 4) is 0 Å². The Morgan fingerprint density at radius 1 is 0.615 bits per heavy atom. The molecule has 0 rings (SSSR count). The zero-order valence-electron chi connectivity index (χ0n) is 25.7. The van der Waals surface area contributed by atoms with Gasteiger partial charge in [-0.15, -0.1) is 0 Å². The number of carbonyl (C=O) groups is 2. The Labute approximate surface area is 257 Å². The molecule has 9 heteroatoms. The Morgan fingerprint density at radius 2 is 0.897 bits per heavy atom. The molecule has 0 aromatic heterocycles. The molecule has 0 aliphatic carbocycles. The third-order valence-corrected chi connectivity index (χ3v) is 10.2. The van der Waals surface area contributed by atoms with Crippen LogP contribution in [0.4, 0.5) is 0 Å². The minimum Gasteiger partial charge on any atom is -0.481 e. The Bertz CT molecular complexity index is 679. The van der Waals surface area contributed by atoms with E-state index in [1.54, 1.807) is 19.3 Å². The van der Waals surface area contributed by atoms with Crippen molar-refractivity contribution >= 4 is 50.0 Å². The van der Waals surface area contributed by atoms with Gasteiger partial charge in [0.1, 0.15) is 0 Å². The molecule has 1 unspecified atom stereocenters. The quantitative estimate of drug-likeness (QED) is 0.0525. The number of aliphatic carboxylic acids is 2. The van der Waals surface area contributed by atoms with E-state index in [0.29, 0.717) is 0 Å².